The molecule has 2 amide bonds. The van der Waals surface area contributed by atoms with Gasteiger partial charge in [0.15, 0.2) is 0 Å². The molecule has 3 aromatic carbocycles. The van der Waals surface area contributed by atoms with Gasteiger partial charge in [-0.25, -0.2) is 4.79 Å². The molecule has 2 aliphatic heterocycles. The molecule has 3 unspecified atom stereocenters. The summed E-state index contributed by atoms with van der Waals surface area (Å²) in [7, 11) is 1.66. The first kappa shape index (κ1) is 22.0. The molecule has 2 aliphatic rings. The molecule has 0 saturated carbocycles. The van der Waals surface area contributed by atoms with E-state index < -0.39 is 12.1 Å². The number of benzene rings is 3. The summed E-state index contributed by atoms with van der Waals surface area (Å²) in [4.78, 5) is 29.8. The van der Waals surface area contributed by atoms with Gasteiger partial charge >= 0.3 is 6.09 Å². The number of cyclic esters (lactones) is 1. The number of amides is 2. The first-order valence-electron chi connectivity index (χ1n) is 11.6. The third kappa shape index (κ3) is 4.23. The Bertz CT molecular complexity index is 1150. The number of β-lactam (4-membered cyclic amide) rings is 1. The zero-order chi connectivity index (χ0) is 23.5. The Hall–Kier alpha value is -3.80. The minimum absolute atomic E-state index is 0.0284. The molecule has 5 rings (SSSR count). The van der Waals surface area contributed by atoms with Crippen LogP contribution in [0.15, 0.2) is 84.9 Å². The number of nitrogens with zero attached hydrogens (tertiary/aromatic N) is 2. The van der Waals surface area contributed by atoms with Crippen LogP contribution >= 0.6 is 0 Å². The fraction of sp³-hybridized carbons (Fsp3) is 0.286. The first-order valence-corrected chi connectivity index (χ1v) is 11.6. The molecule has 0 spiro atoms. The predicted molar refractivity (Wildman–Crippen MR) is 128 cm³/mol. The predicted octanol–water partition coefficient (Wildman–Crippen LogP) is 4.60. The van der Waals surface area contributed by atoms with E-state index in [4.69, 9.17) is 9.47 Å². The van der Waals surface area contributed by atoms with E-state index in [9.17, 15) is 9.59 Å². The van der Waals surface area contributed by atoms with Crippen LogP contribution in [0.4, 0.5) is 4.79 Å². The number of carbonyl (C=O) groups is 2. The van der Waals surface area contributed by atoms with Crippen molar-refractivity contribution >= 4 is 12.0 Å². The summed E-state index contributed by atoms with van der Waals surface area (Å²) in [5.74, 6) is 0.784. The summed E-state index contributed by atoms with van der Waals surface area (Å²) >= 11 is 0. The maximum absolute atomic E-state index is 13.5. The van der Waals surface area contributed by atoms with E-state index in [0.717, 1.165) is 35.3 Å². The van der Waals surface area contributed by atoms with Gasteiger partial charge in [0.05, 0.1) is 19.2 Å². The van der Waals surface area contributed by atoms with Crippen LogP contribution in [0, 0.1) is 0 Å². The molecule has 2 heterocycles. The molecular weight excluding hydrogens is 428 g/mol. The van der Waals surface area contributed by atoms with Crippen LogP contribution in [0.5, 0.6) is 5.75 Å². The average molecular weight is 457 g/mol. The van der Waals surface area contributed by atoms with E-state index in [0.29, 0.717) is 6.54 Å². The van der Waals surface area contributed by atoms with E-state index in [1.165, 1.54) is 0 Å². The van der Waals surface area contributed by atoms with Gasteiger partial charge in [0.2, 0.25) is 5.91 Å². The molecular formula is C28H28N2O4. The third-order valence-corrected chi connectivity index (χ3v) is 6.75. The van der Waals surface area contributed by atoms with Crippen LogP contribution in [0.2, 0.25) is 0 Å². The second-order valence-corrected chi connectivity index (χ2v) is 8.76. The summed E-state index contributed by atoms with van der Waals surface area (Å²) in [6, 6.07) is 26.9. The van der Waals surface area contributed by atoms with Crippen molar-refractivity contribution in [3.05, 3.63) is 102 Å². The Labute approximate surface area is 199 Å². The standard InChI is InChI=1S/C28H28N2O4/c1-33-23-14-8-11-20(17-23)15-16-24-26(27(31)29(24)18-21-9-4-2-5-10-21)30-25(19-34-28(30)32)22-12-6-3-7-13-22/h2-14,17,24-26H,15-16,18-19H2,1H3. The molecule has 2 fully saturated rings. The van der Waals surface area contributed by atoms with Crippen LogP contribution in [0.25, 0.3) is 0 Å². The van der Waals surface area contributed by atoms with Crippen LogP contribution in [-0.2, 0) is 22.5 Å². The highest BCUT2D eigenvalue weighted by Crippen LogP contribution is 2.38. The zero-order valence-corrected chi connectivity index (χ0v) is 19.2. The average Bonchev–Trinajstić information content (AvgIpc) is 3.26. The minimum Gasteiger partial charge on any atom is -0.497 e. The fourth-order valence-electron chi connectivity index (χ4n) is 4.99. The third-order valence-electron chi connectivity index (χ3n) is 6.75. The molecule has 0 aliphatic carbocycles. The topological polar surface area (TPSA) is 59.1 Å². The summed E-state index contributed by atoms with van der Waals surface area (Å²) < 4.78 is 10.8. The second-order valence-electron chi connectivity index (χ2n) is 8.76. The van der Waals surface area contributed by atoms with Gasteiger partial charge in [0.1, 0.15) is 18.4 Å². The lowest BCUT2D eigenvalue weighted by atomic mass is 9.86. The number of hydrogen-bond donors (Lipinski definition) is 0. The maximum Gasteiger partial charge on any atom is 0.411 e. The molecule has 0 radical (unpaired) electrons. The largest absolute Gasteiger partial charge is 0.497 e. The smallest absolute Gasteiger partial charge is 0.411 e. The van der Waals surface area contributed by atoms with Crippen molar-refractivity contribution in [1.82, 2.24) is 9.80 Å². The Kier molecular flexibility index (Phi) is 6.21. The highest BCUT2D eigenvalue weighted by atomic mass is 16.6. The van der Waals surface area contributed by atoms with Crippen LogP contribution in [-0.4, -0.2) is 47.6 Å². The van der Waals surface area contributed by atoms with Gasteiger partial charge in [-0.15, -0.1) is 0 Å². The van der Waals surface area contributed by atoms with E-state index >= 15 is 0 Å². The number of hydrogen-bond acceptors (Lipinski definition) is 4. The lowest BCUT2D eigenvalue weighted by Crippen LogP contribution is -2.70. The Morgan fingerprint density at radius 1 is 0.912 bits per heavy atom. The van der Waals surface area contributed by atoms with Crippen molar-refractivity contribution in [3.63, 3.8) is 0 Å². The Balaban J connectivity index is 1.41. The molecule has 2 saturated heterocycles. The van der Waals surface area contributed by atoms with Gasteiger partial charge in [-0.3, -0.25) is 9.69 Å². The number of rotatable bonds is 8. The molecule has 34 heavy (non-hydrogen) atoms. The molecule has 0 N–H and O–H groups in total. The van der Waals surface area contributed by atoms with Crippen LogP contribution in [0.1, 0.15) is 29.2 Å². The quantitative estimate of drug-likeness (QED) is 0.465. The maximum atomic E-state index is 13.5. The molecule has 0 bridgehead atoms. The highest BCUT2D eigenvalue weighted by molar-refractivity contribution is 5.93. The Morgan fingerprint density at radius 2 is 1.62 bits per heavy atom. The molecule has 0 aromatic heterocycles. The Morgan fingerprint density at radius 3 is 2.35 bits per heavy atom. The number of likely N-dealkylation sites (tertiary alicyclic amines) is 1. The van der Waals surface area contributed by atoms with Gasteiger partial charge in [-0.05, 0) is 41.7 Å². The number of carbonyl (C=O) groups excluding carboxylic acids is 2. The summed E-state index contributed by atoms with van der Waals surface area (Å²) in [6.07, 6.45) is 1.09. The molecule has 6 nitrogen and oxygen atoms in total. The fourth-order valence-corrected chi connectivity index (χ4v) is 4.99. The summed E-state index contributed by atoms with van der Waals surface area (Å²) in [5, 5.41) is 0. The molecule has 174 valence electrons. The summed E-state index contributed by atoms with van der Waals surface area (Å²) in [5.41, 5.74) is 3.19. The van der Waals surface area contributed by atoms with Crippen molar-refractivity contribution in [2.45, 2.75) is 37.5 Å². The zero-order valence-electron chi connectivity index (χ0n) is 19.2. The van der Waals surface area contributed by atoms with Crippen molar-refractivity contribution in [3.8, 4) is 5.75 Å². The van der Waals surface area contributed by atoms with Gasteiger partial charge in [0, 0.05) is 6.54 Å². The van der Waals surface area contributed by atoms with Crippen LogP contribution in [0.3, 0.4) is 0 Å². The minimum atomic E-state index is -0.533. The van der Waals surface area contributed by atoms with Crippen LogP contribution < -0.4 is 4.74 Å². The molecule has 6 heteroatoms. The summed E-state index contributed by atoms with van der Waals surface area (Å²) in [6.45, 7) is 0.783. The van der Waals surface area contributed by atoms with Crippen molar-refractivity contribution in [2.75, 3.05) is 13.7 Å². The number of aryl methyl sites for hydroxylation is 1. The lowest BCUT2D eigenvalue weighted by molar-refractivity contribution is -0.159. The van der Waals surface area contributed by atoms with E-state index in [1.54, 1.807) is 12.0 Å². The second kappa shape index (κ2) is 9.59. The normalized spacial score (nSPS) is 21.9. The van der Waals surface area contributed by atoms with E-state index in [2.05, 4.69) is 6.07 Å². The lowest BCUT2D eigenvalue weighted by Gasteiger charge is -2.51. The monoisotopic (exact) mass is 456 g/mol. The van der Waals surface area contributed by atoms with Gasteiger partial charge in [0.25, 0.3) is 0 Å². The van der Waals surface area contributed by atoms with Gasteiger partial charge < -0.3 is 14.4 Å². The SMILES string of the molecule is COc1cccc(CCC2C(N3C(=O)OCC3c3ccccc3)C(=O)N2Cc2ccccc2)c1. The van der Waals surface area contributed by atoms with E-state index in [1.807, 2.05) is 83.8 Å². The number of ether oxygens (including phenoxy) is 2. The van der Waals surface area contributed by atoms with Gasteiger partial charge in [-0.1, -0.05) is 72.8 Å². The van der Waals surface area contributed by atoms with Gasteiger partial charge in [-0.2, -0.15) is 0 Å². The number of methoxy groups -OCH3 is 1. The van der Waals surface area contributed by atoms with Crippen molar-refractivity contribution in [1.29, 1.82) is 0 Å². The van der Waals surface area contributed by atoms with Crippen molar-refractivity contribution in [2.24, 2.45) is 0 Å². The molecule has 3 atom stereocenters. The van der Waals surface area contributed by atoms with Crippen molar-refractivity contribution < 1.29 is 19.1 Å². The molecule has 3 aromatic rings. The highest BCUT2D eigenvalue weighted by Gasteiger charge is 2.55. The van der Waals surface area contributed by atoms with E-state index in [-0.39, 0.29) is 24.6 Å². The first-order chi connectivity index (χ1) is 16.7.